The fourth-order valence-corrected chi connectivity index (χ4v) is 3.32. The van der Waals surface area contributed by atoms with Crippen molar-refractivity contribution in [3.05, 3.63) is 23.8 Å². The minimum atomic E-state index is -3.73. The lowest BCUT2D eigenvalue weighted by Crippen LogP contribution is -2.71. The lowest BCUT2D eigenvalue weighted by atomic mass is 9.94. The van der Waals surface area contributed by atoms with Crippen LogP contribution in [0.15, 0.2) is 18.2 Å². The third-order valence-electron chi connectivity index (χ3n) is 4.29. The third kappa shape index (κ3) is 6.23. The highest BCUT2D eigenvalue weighted by Gasteiger charge is 2.49. The van der Waals surface area contributed by atoms with Crippen molar-refractivity contribution in [2.75, 3.05) is 27.1 Å². The van der Waals surface area contributed by atoms with Crippen molar-refractivity contribution in [3.8, 4) is 11.5 Å². The molecule has 0 aromatic heterocycles. The van der Waals surface area contributed by atoms with Gasteiger partial charge in [-0.05, 0) is 32.9 Å². The van der Waals surface area contributed by atoms with Gasteiger partial charge in [0.2, 0.25) is 5.91 Å². The van der Waals surface area contributed by atoms with Gasteiger partial charge in [-0.3, -0.25) is 8.98 Å². The molecule has 0 saturated carbocycles. The van der Waals surface area contributed by atoms with Crippen LogP contribution in [0.25, 0.3) is 0 Å². The van der Waals surface area contributed by atoms with Gasteiger partial charge in [-0.15, -0.1) is 0 Å². The van der Waals surface area contributed by atoms with E-state index in [0.29, 0.717) is 17.1 Å². The summed E-state index contributed by atoms with van der Waals surface area (Å²) < 4.78 is 43.5. The zero-order valence-electron chi connectivity index (χ0n) is 17.9. The molecule has 2 rings (SSSR count). The number of benzene rings is 1. The van der Waals surface area contributed by atoms with Gasteiger partial charge in [0.05, 0.1) is 33.1 Å². The van der Waals surface area contributed by atoms with Gasteiger partial charge >= 0.3 is 6.09 Å². The minimum absolute atomic E-state index is 0.135. The molecular weight excluding hydrogens is 416 g/mol. The molecule has 1 aromatic carbocycles. The van der Waals surface area contributed by atoms with E-state index in [2.05, 4.69) is 5.32 Å². The van der Waals surface area contributed by atoms with Crippen molar-refractivity contribution in [2.24, 2.45) is 0 Å². The molecule has 0 bridgehead atoms. The van der Waals surface area contributed by atoms with E-state index in [0.717, 1.165) is 6.26 Å². The fraction of sp³-hybridized carbons (Fsp3) is 0.579. The Balaban J connectivity index is 2.19. The molecule has 2 atom stereocenters. The highest BCUT2D eigenvalue weighted by atomic mass is 32.2. The van der Waals surface area contributed by atoms with Gasteiger partial charge in [0.1, 0.15) is 23.1 Å². The van der Waals surface area contributed by atoms with E-state index in [9.17, 15) is 18.0 Å². The lowest BCUT2D eigenvalue weighted by Gasteiger charge is -2.46. The molecule has 1 aliphatic heterocycles. The smallest absolute Gasteiger partial charge is 0.408 e. The molecule has 2 unspecified atom stereocenters. The summed E-state index contributed by atoms with van der Waals surface area (Å²) in [5, 5.41) is 2.49. The number of nitrogens with zero attached hydrogens (tertiary/aromatic N) is 1. The first-order valence-corrected chi connectivity index (χ1v) is 11.0. The van der Waals surface area contributed by atoms with Gasteiger partial charge in [-0.25, -0.2) is 4.79 Å². The van der Waals surface area contributed by atoms with Gasteiger partial charge in [-0.1, -0.05) is 0 Å². The maximum Gasteiger partial charge on any atom is 0.408 e. The SMILES string of the molecule is COc1ccc(CN2C(=O)C(NC(=O)OC(C)(C)C)C2COS(C)(=O)=O)c(OC)c1. The van der Waals surface area contributed by atoms with Gasteiger partial charge < -0.3 is 24.4 Å². The molecule has 1 heterocycles. The number of hydrogen-bond acceptors (Lipinski definition) is 8. The summed E-state index contributed by atoms with van der Waals surface area (Å²) in [5.74, 6) is 0.710. The Kier molecular flexibility index (Phi) is 7.19. The molecule has 2 amide bonds. The van der Waals surface area contributed by atoms with Crippen molar-refractivity contribution < 1.29 is 36.4 Å². The molecule has 10 nitrogen and oxygen atoms in total. The van der Waals surface area contributed by atoms with Crippen LogP contribution in [0.2, 0.25) is 0 Å². The van der Waals surface area contributed by atoms with E-state index in [4.69, 9.17) is 18.4 Å². The van der Waals surface area contributed by atoms with E-state index in [1.807, 2.05) is 0 Å². The van der Waals surface area contributed by atoms with Crippen LogP contribution < -0.4 is 14.8 Å². The van der Waals surface area contributed by atoms with Crippen LogP contribution in [-0.2, 0) is 30.4 Å². The Morgan fingerprint density at radius 3 is 2.40 bits per heavy atom. The van der Waals surface area contributed by atoms with E-state index in [1.54, 1.807) is 39.0 Å². The zero-order chi connectivity index (χ0) is 22.7. The largest absolute Gasteiger partial charge is 0.497 e. The first-order chi connectivity index (χ1) is 13.8. The molecule has 0 spiro atoms. The van der Waals surface area contributed by atoms with Crippen LogP contribution in [0.4, 0.5) is 4.79 Å². The average molecular weight is 445 g/mol. The maximum absolute atomic E-state index is 12.7. The van der Waals surface area contributed by atoms with Gasteiger partial charge in [0, 0.05) is 18.2 Å². The molecule has 30 heavy (non-hydrogen) atoms. The molecule has 1 saturated heterocycles. The highest BCUT2D eigenvalue weighted by molar-refractivity contribution is 7.85. The number of ether oxygens (including phenoxy) is 3. The summed E-state index contributed by atoms with van der Waals surface area (Å²) in [4.78, 5) is 26.2. The van der Waals surface area contributed by atoms with Crippen LogP contribution in [0.3, 0.4) is 0 Å². The number of rotatable bonds is 8. The number of hydrogen-bond donors (Lipinski definition) is 1. The number of methoxy groups -OCH3 is 2. The second-order valence-electron chi connectivity index (χ2n) is 7.82. The summed E-state index contributed by atoms with van der Waals surface area (Å²) in [7, 11) is -0.715. The van der Waals surface area contributed by atoms with Crippen molar-refractivity contribution in [1.82, 2.24) is 10.2 Å². The predicted molar refractivity (Wildman–Crippen MR) is 108 cm³/mol. The van der Waals surface area contributed by atoms with Crippen LogP contribution in [0, 0.1) is 0 Å². The van der Waals surface area contributed by atoms with Crippen molar-refractivity contribution >= 4 is 22.1 Å². The summed E-state index contributed by atoms with van der Waals surface area (Å²) in [6, 6.07) is 3.48. The molecule has 1 aliphatic rings. The summed E-state index contributed by atoms with van der Waals surface area (Å²) in [5.41, 5.74) is -0.0575. The normalized spacial score (nSPS) is 19.1. The Morgan fingerprint density at radius 1 is 1.20 bits per heavy atom. The molecule has 1 aromatic rings. The second kappa shape index (κ2) is 9.09. The van der Waals surface area contributed by atoms with Gasteiger partial charge in [0.25, 0.3) is 10.1 Å². The van der Waals surface area contributed by atoms with Crippen LogP contribution in [-0.4, -0.2) is 70.1 Å². The minimum Gasteiger partial charge on any atom is -0.497 e. The van der Waals surface area contributed by atoms with Crippen LogP contribution in [0.5, 0.6) is 11.5 Å². The summed E-state index contributed by atoms with van der Waals surface area (Å²) in [6.07, 6.45) is 0.146. The number of β-lactam (4-membered cyclic amide) rings is 1. The molecule has 0 radical (unpaired) electrons. The number of nitrogens with one attached hydrogen (secondary N) is 1. The Morgan fingerprint density at radius 2 is 1.87 bits per heavy atom. The number of carbonyl (C=O) groups is 2. The Hall–Kier alpha value is -2.53. The van der Waals surface area contributed by atoms with Crippen LogP contribution in [0.1, 0.15) is 26.3 Å². The van der Waals surface area contributed by atoms with Crippen molar-refractivity contribution in [2.45, 2.75) is 45.0 Å². The van der Waals surface area contributed by atoms with E-state index in [-0.39, 0.29) is 19.1 Å². The first-order valence-electron chi connectivity index (χ1n) is 9.20. The quantitative estimate of drug-likeness (QED) is 0.470. The van der Waals surface area contributed by atoms with Crippen molar-refractivity contribution in [3.63, 3.8) is 0 Å². The molecule has 0 aliphatic carbocycles. The van der Waals surface area contributed by atoms with Crippen LogP contribution >= 0.6 is 0 Å². The lowest BCUT2D eigenvalue weighted by molar-refractivity contribution is -0.154. The fourth-order valence-electron chi connectivity index (χ4n) is 2.94. The molecule has 11 heteroatoms. The van der Waals surface area contributed by atoms with E-state index in [1.165, 1.54) is 19.1 Å². The molecular formula is C19H28N2O8S. The van der Waals surface area contributed by atoms with E-state index >= 15 is 0 Å². The van der Waals surface area contributed by atoms with Gasteiger partial charge in [-0.2, -0.15) is 8.42 Å². The Labute approximate surface area is 176 Å². The number of alkyl carbamates (subject to hydrolysis) is 1. The third-order valence-corrected chi connectivity index (χ3v) is 4.86. The molecule has 1 N–H and O–H groups in total. The number of likely N-dealkylation sites (tertiary alicyclic amines) is 1. The second-order valence-corrected chi connectivity index (χ2v) is 9.47. The number of amides is 2. The monoisotopic (exact) mass is 444 g/mol. The van der Waals surface area contributed by atoms with Crippen molar-refractivity contribution in [1.29, 1.82) is 0 Å². The molecule has 168 valence electrons. The predicted octanol–water partition coefficient (Wildman–Crippen LogP) is 1.28. The standard InChI is InChI=1S/C19H28N2O8S/c1-19(2,3)29-18(23)20-16-14(11-28-30(6,24)25)21(17(16)22)10-12-7-8-13(26-4)9-15(12)27-5/h7-9,14,16H,10-11H2,1-6H3,(H,20,23). The summed E-state index contributed by atoms with van der Waals surface area (Å²) >= 11 is 0. The Bertz CT molecular complexity index is 894. The first kappa shape index (κ1) is 23.7. The topological polar surface area (TPSA) is 120 Å². The van der Waals surface area contributed by atoms with Gasteiger partial charge in [0.15, 0.2) is 0 Å². The molecule has 1 fully saturated rings. The zero-order valence-corrected chi connectivity index (χ0v) is 18.7. The highest BCUT2D eigenvalue weighted by Crippen LogP contribution is 2.30. The average Bonchev–Trinajstić information content (AvgIpc) is 2.63. The number of carbonyl (C=O) groups excluding carboxylic acids is 2. The maximum atomic E-state index is 12.7. The summed E-state index contributed by atoms with van der Waals surface area (Å²) in [6.45, 7) is 4.92. The van der Waals surface area contributed by atoms with E-state index < -0.39 is 33.9 Å².